The molecule has 1 aromatic heterocycles. The Morgan fingerprint density at radius 2 is 2.21 bits per heavy atom. The van der Waals surface area contributed by atoms with Crippen LogP contribution >= 0.6 is 0 Å². The van der Waals surface area contributed by atoms with E-state index in [9.17, 15) is 4.79 Å². The van der Waals surface area contributed by atoms with E-state index in [-0.39, 0.29) is 18.6 Å². The number of aromatic nitrogens is 2. The van der Waals surface area contributed by atoms with Gasteiger partial charge in [0.1, 0.15) is 12.4 Å². The quantitative estimate of drug-likeness (QED) is 0.915. The first-order chi connectivity index (χ1) is 11.7. The number of carbonyl (C=O) groups excluding carboxylic acids is 1. The molecule has 2 aliphatic heterocycles. The van der Waals surface area contributed by atoms with E-state index in [4.69, 9.17) is 4.74 Å². The average molecular weight is 326 g/mol. The Bertz CT molecular complexity index is 730. The zero-order chi connectivity index (χ0) is 16.6. The number of fused-ring (bicyclic) bond motifs is 1. The van der Waals surface area contributed by atoms with Crippen molar-refractivity contribution in [2.24, 2.45) is 7.05 Å². The SMILES string of the molecule is Cn1ccnc1CN1CC[C@@]2(c3ccccc3)NC(=O)CO[C@@H]2C1. The Morgan fingerprint density at radius 1 is 1.38 bits per heavy atom. The number of likely N-dealkylation sites (tertiary alicyclic amines) is 1. The summed E-state index contributed by atoms with van der Waals surface area (Å²) in [6.45, 7) is 2.60. The van der Waals surface area contributed by atoms with E-state index in [2.05, 4.69) is 27.3 Å². The molecule has 2 atom stereocenters. The summed E-state index contributed by atoms with van der Waals surface area (Å²) in [7, 11) is 2.01. The van der Waals surface area contributed by atoms with Crippen LogP contribution in [0, 0.1) is 0 Å². The van der Waals surface area contributed by atoms with Crippen LogP contribution in [0.2, 0.25) is 0 Å². The van der Waals surface area contributed by atoms with Crippen LogP contribution in [-0.2, 0) is 28.7 Å². The minimum absolute atomic E-state index is 0.0346. The molecule has 126 valence electrons. The molecule has 1 amide bonds. The second kappa shape index (κ2) is 6.03. The maximum absolute atomic E-state index is 12.0. The van der Waals surface area contributed by atoms with Crippen LogP contribution in [-0.4, -0.2) is 46.2 Å². The van der Waals surface area contributed by atoms with Crippen molar-refractivity contribution in [2.45, 2.75) is 24.6 Å². The summed E-state index contributed by atoms with van der Waals surface area (Å²) in [5, 5.41) is 3.23. The largest absolute Gasteiger partial charge is 0.364 e. The zero-order valence-corrected chi connectivity index (χ0v) is 13.8. The van der Waals surface area contributed by atoms with E-state index in [0.717, 1.165) is 37.4 Å². The number of ether oxygens (including phenoxy) is 1. The summed E-state index contributed by atoms with van der Waals surface area (Å²) in [6.07, 6.45) is 4.57. The smallest absolute Gasteiger partial charge is 0.246 e. The van der Waals surface area contributed by atoms with Gasteiger partial charge in [-0.25, -0.2) is 4.98 Å². The minimum atomic E-state index is -0.422. The van der Waals surface area contributed by atoms with Crippen molar-refractivity contribution in [2.75, 3.05) is 19.7 Å². The van der Waals surface area contributed by atoms with Crippen molar-refractivity contribution in [3.05, 3.63) is 54.1 Å². The topological polar surface area (TPSA) is 59.4 Å². The highest BCUT2D eigenvalue weighted by Crippen LogP contribution is 2.37. The van der Waals surface area contributed by atoms with Gasteiger partial charge in [0.05, 0.1) is 18.2 Å². The third-order valence-electron chi connectivity index (χ3n) is 5.15. The van der Waals surface area contributed by atoms with Gasteiger partial charge in [-0.3, -0.25) is 9.69 Å². The summed E-state index contributed by atoms with van der Waals surface area (Å²) in [6, 6.07) is 10.2. The second-order valence-electron chi connectivity index (χ2n) is 6.62. The number of aryl methyl sites for hydroxylation is 1. The Balaban J connectivity index is 1.58. The number of imidazole rings is 1. The molecule has 0 radical (unpaired) electrons. The molecular weight excluding hydrogens is 304 g/mol. The van der Waals surface area contributed by atoms with Gasteiger partial charge in [0.25, 0.3) is 0 Å². The monoisotopic (exact) mass is 326 g/mol. The highest BCUT2D eigenvalue weighted by molar-refractivity contribution is 5.79. The molecule has 3 heterocycles. The van der Waals surface area contributed by atoms with E-state index >= 15 is 0 Å². The number of piperidine rings is 1. The number of carbonyl (C=O) groups is 1. The zero-order valence-electron chi connectivity index (χ0n) is 13.8. The van der Waals surface area contributed by atoms with Gasteiger partial charge in [-0.1, -0.05) is 30.3 Å². The van der Waals surface area contributed by atoms with Gasteiger partial charge < -0.3 is 14.6 Å². The molecule has 6 heteroatoms. The molecule has 2 aliphatic rings. The number of rotatable bonds is 3. The first-order valence-corrected chi connectivity index (χ1v) is 8.34. The molecule has 4 rings (SSSR count). The van der Waals surface area contributed by atoms with Crippen molar-refractivity contribution < 1.29 is 9.53 Å². The van der Waals surface area contributed by atoms with Crippen molar-refractivity contribution in [1.82, 2.24) is 19.8 Å². The van der Waals surface area contributed by atoms with Gasteiger partial charge in [-0.2, -0.15) is 0 Å². The predicted molar refractivity (Wildman–Crippen MR) is 89.1 cm³/mol. The number of hydrogen-bond acceptors (Lipinski definition) is 4. The molecular formula is C18H22N4O2. The number of hydrogen-bond donors (Lipinski definition) is 1. The van der Waals surface area contributed by atoms with E-state index in [1.54, 1.807) is 0 Å². The molecule has 0 aliphatic carbocycles. The van der Waals surface area contributed by atoms with Gasteiger partial charge in [-0.05, 0) is 12.0 Å². The van der Waals surface area contributed by atoms with Gasteiger partial charge in [0.2, 0.25) is 5.91 Å². The predicted octanol–water partition coefficient (Wildman–Crippen LogP) is 1.04. The van der Waals surface area contributed by atoms with Crippen LogP contribution in [0.1, 0.15) is 17.8 Å². The lowest BCUT2D eigenvalue weighted by atomic mass is 9.77. The average Bonchev–Trinajstić information content (AvgIpc) is 3.01. The lowest BCUT2D eigenvalue weighted by Gasteiger charge is -2.50. The summed E-state index contributed by atoms with van der Waals surface area (Å²) in [5.41, 5.74) is 0.703. The molecule has 2 aromatic rings. The van der Waals surface area contributed by atoms with Crippen LogP contribution in [0.3, 0.4) is 0 Å². The van der Waals surface area contributed by atoms with Crippen molar-refractivity contribution in [1.29, 1.82) is 0 Å². The van der Waals surface area contributed by atoms with Crippen molar-refractivity contribution >= 4 is 5.91 Å². The van der Waals surface area contributed by atoms with Crippen LogP contribution in [0.4, 0.5) is 0 Å². The van der Waals surface area contributed by atoms with Crippen LogP contribution in [0.15, 0.2) is 42.7 Å². The molecule has 0 saturated carbocycles. The summed E-state index contributed by atoms with van der Waals surface area (Å²) in [4.78, 5) is 18.8. The first kappa shape index (κ1) is 15.4. The molecule has 2 fully saturated rings. The van der Waals surface area contributed by atoms with Crippen molar-refractivity contribution in [3.63, 3.8) is 0 Å². The van der Waals surface area contributed by atoms with Gasteiger partial charge in [0, 0.05) is 32.5 Å². The highest BCUT2D eigenvalue weighted by Gasteiger charge is 2.49. The fourth-order valence-electron chi connectivity index (χ4n) is 3.81. The normalized spacial score (nSPS) is 27.5. The lowest BCUT2D eigenvalue weighted by Crippen LogP contribution is -2.66. The number of benzene rings is 1. The maximum Gasteiger partial charge on any atom is 0.246 e. The molecule has 24 heavy (non-hydrogen) atoms. The molecule has 1 N–H and O–H groups in total. The fourth-order valence-corrected chi connectivity index (χ4v) is 3.81. The summed E-state index contributed by atoms with van der Waals surface area (Å²) >= 11 is 0. The molecule has 6 nitrogen and oxygen atoms in total. The van der Waals surface area contributed by atoms with Gasteiger partial charge in [0.15, 0.2) is 0 Å². The van der Waals surface area contributed by atoms with E-state index in [0.29, 0.717) is 0 Å². The third kappa shape index (κ3) is 2.61. The Hall–Kier alpha value is -2.18. The first-order valence-electron chi connectivity index (χ1n) is 8.34. The van der Waals surface area contributed by atoms with Crippen LogP contribution in [0.5, 0.6) is 0 Å². The maximum atomic E-state index is 12.0. The molecule has 0 bridgehead atoms. The number of nitrogens with one attached hydrogen (secondary N) is 1. The Kier molecular flexibility index (Phi) is 3.86. The Morgan fingerprint density at radius 3 is 2.96 bits per heavy atom. The minimum Gasteiger partial charge on any atom is -0.364 e. The summed E-state index contributed by atoms with van der Waals surface area (Å²) < 4.78 is 7.99. The van der Waals surface area contributed by atoms with E-state index < -0.39 is 5.54 Å². The molecule has 1 aromatic carbocycles. The molecule has 0 spiro atoms. The van der Waals surface area contributed by atoms with E-state index in [1.165, 1.54) is 0 Å². The van der Waals surface area contributed by atoms with E-state index in [1.807, 2.05) is 42.2 Å². The van der Waals surface area contributed by atoms with Crippen LogP contribution < -0.4 is 5.32 Å². The number of morpholine rings is 1. The van der Waals surface area contributed by atoms with Crippen molar-refractivity contribution in [3.8, 4) is 0 Å². The Labute approximate surface area is 141 Å². The standard InChI is InChI=1S/C18H22N4O2/c1-21-10-8-19-16(21)12-22-9-7-18(14-5-3-2-4-6-14)15(11-22)24-13-17(23)20-18/h2-6,8,10,15H,7,9,11-13H2,1H3,(H,20,23)/t15-,18+/m1/s1. The van der Waals surface area contributed by atoms with Gasteiger partial charge in [-0.15, -0.1) is 0 Å². The number of amides is 1. The van der Waals surface area contributed by atoms with Crippen LogP contribution in [0.25, 0.3) is 0 Å². The second-order valence-corrected chi connectivity index (χ2v) is 6.62. The van der Waals surface area contributed by atoms with Gasteiger partial charge >= 0.3 is 0 Å². The molecule has 2 saturated heterocycles. The lowest BCUT2D eigenvalue weighted by molar-refractivity contribution is -0.152. The highest BCUT2D eigenvalue weighted by atomic mass is 16.5. The fraction of sp³-hybridized carbons (Fsp3) is 0.444. The number of nitrogens with zero attached hydrogens (tertiary/aromatic N) is 3. The molecule has 0 unspecified atom stereocenters. The third-order valence-corrected chi connectivity index (χ3v) is 5.15. The summed E-state index contributed by atoms with van der Waals surface area (Å²) in [5.74, 6) is 1.01.